The monoisotopic (exact) mass is 344 g/mol. The highest BCUT2D eigenvalue weighted by Gasteiger charge is 2.11. The molecule has 0 aliphatic carbocycles. The number of aryl methyl sites for hydroxylation is 1. The van der Waals surface area contributed by atoms with Crippen molar-refractivity contribution < 1.29 is 4.79 Å². The van der Waals surface area contributed by atoms with Gasteiger partial charge in [-0.2, -0.15) is 0 Å². The van der Waals surface area contributed by atoms with Crippen molar-refractivity contribution in [3.05, 3.63) is 59.7 Å². The van der Waals surface area contributed by atoms with Gasteiger partial charge in [0, 0.05) is 37.5 Å². The fourth-order valence-corrected chi connectivity index (χ4v) is 2.68. The summed E-state index contributed by atoms with van der Waals surface area (Å²) in [6.07, 6.45) is 3.23. The first kappa shape index (κ1) is 17.9. The van der Waals surface area contributed by atoms with E-state index < -0.39 is 0 Å². The quantitative estimate of drug-likeness (QED) is 0.788. The fraction of sp³-hybridized carbons (Fsp3) is 0.278. The molecular formula is C18H21ClN4O. The number of hydrogen-bond acceptors (Lipinski definition) is 3. The van der Waals surface area contributed by atoms with E-state index in [1.54, 1.807) is 24.5 Å². The van der Waals surface area contributed by atoms with Crippen molar-refractivity contribution in [1.82, 2.24) is 19.9 Å². The van der Waals surface area contributed by atoms with Crippen LogP contribution in [0.2, 0.25) is 0 Å². The molecule has 3 aromatic rings. The van der Waals surface area contributed by atoms with Gasteiger partial charge in [0.15, 0.2) is 0 Å². The van der Waals surface area contributed by atoms with Crippen molar-refractivity contribution in [2.24, 2.45) is 7.05 Å². The predicted octanol–water partition coefficient (Wildman–Crippen LogP) is 3.44. The summed E-state index contributed by atoms with van der Waals surface area (Å²) >= 11 is 0. The van der Waals surface area contributed by atoms with Gasteiger partial charge >= 0.3 is 0 Å². The second-order valence-corrected chi connectivity index (χ2v) is 5.93. The molecule has 0 saturated heterocycles. The van der Waals surface area contributed by atoms with Crippen molar-refractivity contribution in [1.29, 1.82) is 0 Å². The molecule has 0 saturated carbocycles. The molecule has 126 valence electrons. The number of hydrogen-bond donors (Lipinski definition) is 1. The first-order valence-electron chi connectivity index (χ1n) is 7.69. The van der Waals surface area contributed by atoms with Crippen LogP contribution < -0.4 is 5.32 Å². The van der Waals surface area contributed by atoms with Crippen molar-refractivity contribution in [3.8, 4) is 0 Å². The van der Waals surface area contributed by atoms with Gasteiger partial charge in [0.1, 0.15) is 5.82 Å². The van der Waals surface area contributed by atoms with E-state index in [0.29, 0.717) is 18.0 Å². The maximum Gasteiger partial charge on any atom is 0.251 e. The summed E-state index contributed by atoms with van der Waals surface area (Å²) in [4.78, 5) is 20.7. The summed E-state index contributed by atoms with van der Waals surface area (Å²) in [5.41, 5.74) is 3.72. The highest BCUT2D eigenvalue weighted by molar-refractivity contribution is 5.94. The van der Waals surface area contributed by atoms with Gasteiger partial charge < -0.3 is 9.88 Å². The third-order valence-electron chi connectivity index (χ3n) is 3.89. The second-order valence-electron chi connectivity index (χ2n) is 5.93. The van der Waals surface area contributed by atoms with Gasteiger partial charge in [-0.3, -0.25) is 9.78 Å². The molecule has 0 unspecified atom stereocenters. The smallest absolute Gasteiger partial charge is 0.251 e. The normalized spacial score (nSPS) is 10.7. The van der Waals surface area contributed by atoms with E-state index in [2.05, 4.69) is 34.8 Å². The van der Waals surface area contributed by atoms with Gasteiger partial charge in [0.2, 0.25) is 0 Å². The number of pyridine rings is 1. The number of halogens is 1. The van der Waals surface area contributed by atoms with E-state index in [-0.39, 0.29) is 18.3 Å². The first-order chi connectivity index (χ1) is 11.1. The van der Waals surface area contributed by atoms with Crippen LogP contribution in [0.1, 0.15) is 41.5 Å². The summed E-state index contributed by atoms with van der Waals surface area (Å²) in [6.45, 7) is 4.75. The standard InChI is InChI=1S/C18H20N4O.ClH/c1-12(2)17-21-15-10-13(4-5-16(15)22(17)3)11-20-18(23)14-6-8-19-9-7-14;/h4-10,12H,11H2,1-3H3,(H,20,23);1H. The first-order valence-corrected chi connectivity index (χ1v) is 7.69. The molecule has 0 radical (unpaired) electrons. The lowest BCUT2D eigenvalue weighted by atomic mass is 10.2. The molecule has 3 rings (SSSR count). The molecule has 2 aromatic heterocycles. The van der Waals surface area contributed by atoms with E-state index in [0.717, 1.165) is 22.4 Å². The molecule has 0 fully saturated rings. The highest BCUT2D eigenvalue weighted by atomic mass is 35.5. The molecule has 5 nitrogen and oxygen atoms in total. The number of carbonyl (C=O) groups excluding carboxylic acids is 1. The summed E-state index contributed by atoms with van der Waals surface area (Å²) < 4.78 is 2.12. The zero-order valence-corrected chi connectivity index (χ0v) is 14.8. The van der Waals surface area contributed by atoms with Crippen molar-refractivity contribution in [2.45, 2.75) is 26.3 Å². The van der Waals surface area contributed by atoms with E-state index >= 15 is 0 Å². The van der Waals surface area contributed by atoms with E-state index in [4.69, 9.17) is 4.98 Å². The summed E-state index contributed by atoms with van der Waals surface area (Å²) in [5.74, 6) is 1.34. The van der Waals surface area contributed by atoms with Crippen LogP contribution in [0.3, 0.4) is 0 Å². The molecule has 6 heteroatoms. The number of nitrogens with one attached hydrogen (secondary N) is 1. The van der Waals surface area contributed by atoms with Crippen LogP contribution in [0.4, 0.5) is 0 Å². The molecular weight excluding hydrogens is 324 g/mol. The van der Waals surface area contributed by atoms with Gasteiger partial charge in [-0.1, -0.05) is 19.9 Å². The van der Waals surface area contributed by atoms with Crippen LogP contribution in [0.15, 0.2) is 42.7 Å². The maximum absolute atomic E-state index is 12.1. The minimum Gasteiger partial charge on any atom is -0.348 e. The van der Waals surface area contributed by atoms with E-state index in [1.807, 2.05) is 19.2 Å². The zero-order chi connectivity index (χ0) is 16.4. The number of imidazole rings is 1. The number of nitrogens with zero attached hydrogens (tertiary/aromatic N) is 3. The van der Waals surface area contributed by atoms with Gasteiger partial charge in [-0.25, -0.2) is 4.98 Å². The Kier molecular flexibility index (Phi) is 5.57. The average molecular weight is 345 g/mol. The minimum absolute atomic E-state index is 0. The van der Waals surface area contributed by atoms with Gasteiger partial charge in [-0.05, 0) is 29.8 Å². The fourth-order valence-electron chi connectivity index (χ4n) is 2.68. The Morgan fingerprint density at radius 3 is 2.58 bits per heavy atom. The maximum atomic E-state index is 12.1. The molecule has 1 N–H and O–H groups in total. The molecule has 0 spiro atoms. The Morgan fingerprint density at radius 1 is 1.21 bits per heavy atom. The lowest BCUT2D eigenvalue weighted by molar-refractivity contribution is 0.0951. The van der Waals surface area contributed by atoms with Crippen molar-refractivity contribution in [3.63, 3.8) is 0 Å². The number of rotatable bonds is 4. The number of aromatic nitrogens is 3. The summed E-state index contributed by atoms with van der Waals surface area (Å²) in [6, 6.07) is 9.52. The summed E-state index contributed by atoms with van der Waals surface area (Å²) in [7, 11) is 2.04. The van der Waals surface area contributed by atoms with Crippen molar-refractivity contribution in [2.75, 3.05) is 0 Å². The Balaban J connectivity index is 0.00000208. The Hall–Kier alpha value is -2.40. The van der Waals surface area contributed by atoms with Gasteiger partial charge in [-0.15, -0.1) is 12.4 Å². The lowest BCUT2D eigenvalue weighted by Gasteiger charge is -2.06. The van der Waals surface area contributed by atoms with Crippen molar-refractivity contribution >= 4 is 29.3 Å². The van der Waals surface area contributed by atoms with E-state index in [9.17, 15) is 4.79 Å². The zero-order valence-electron chi connectivity index (χ0n) is 14.0. The molecule has 24 heavy (non-hydrogen) atoms. The predicted molar refractivity (Wildman–Crippen MR) is 97.5 cm³/mol. The van der Waals surface area contributed by atoms with Crippen LogP contribution in [0.25, 0.3) is 11.0 Å². The van der Waals surface area contributed by atoms with Crippen LogP contribution in [0, 0.1) is 0 Å². The molecule has 0 aliphatic rings. The number of fused-ring (bicyclic) bond motifs is 1. The molecule has 0 bridgehead atoms. The molecule has 1 aromatic carbocycles. The topological polar surface area (TPSA) is 59.8 Å². The third kappa shape index (κ3) is 3.57. The Labute approximate surface area is 147 Å². The summed E-state index contributed by atoms with van der Waals surface area (Å²) in [5, 5.41) is 2.92. The molecule has 1 amide bonds. The molecule has 0 atom stereocenters. The van der Waals surface area contributed by atoms with E-state index in [1.165, 1.54) is 0 Å². The van der Waals surface area contributed by atoms with Crippen LogP contribution in [-0.4, -0.2) is 20.4 Å². The third-order valence-corrected chi connectivity index (χ3v) is 3.89. The Bertz CT molecular complexity index is 843. The number of benzene rings is 1. The number of carbonyl (C=O) groups is 1. The second kappa shape index (κ2) is 7.45. The Morgan fingerprint density at radius 2 is 1.92 bits per heavy atom. The van der Waals surface area contributed by atoms with Gasteiger partial charge in [0.05, 0.1) is 11.0 Å². The van der Waals surface area contributed by atoms with Crippen LogP contribution in [0.5, 0.6) is 0 Å². The highest BCUT2D eigenvalue weighted by Crippen LogP contribution is 2.21. The SMILES string of the molecule is CC(C)c1nc2cc(CNC(=O)c3ccncc3)ccc2n1C.Cl. The minimum atomic E-state index is -0.101. The largest absolute Gasteiger partial charge is 0.348 e. The number of amides is 1. The van der Waals surface area contributed by atoms with Crippen LogP contribution in [-0.2, 0) is 13.6 Å². The average Bonchev–Trinajstić information content (AvgIpc) is 2.90. The van der Waals surface area contributed by atoms with Crippen LogP contribution >= 0.6 is 12.4 Å². The molecule has 0 aliphatic heterocycles. The van der Waals surface area contributed by atoms with Gasteiger partial charge in [0.25, 0.3) is 5.91 Å². The molecule has 2 heterocycles. The lowest BCUT2D eigenvalue weighted by Crippen LogP contribution is -2.22.